The number of hydrogen-bond acceptors (Lipinski definition) is 4. The Balaban J connectivity index is 1.23. The number of hydrogen-bond donors (Lipinski definition) is 1. The van der Waals surface area contributed by atoms with E-state index in [9.17, 15) is 4.79 Å². The number of para-hydroxylation sites is 4. The van der Waals surface area contributed by atoms with Crippen LogP contribution in [0.2, 0.25) is 0 Å². The first-order valence-corrected chi connectivity index (χ1v) is 13.6. The van der Waals surface area contributed by atoms with Crippen molar-refractivity contribution < 1.29 is 14.3 Å². The molecule has 1 aromatic heterocycles. The number of carbonyl (C=O) groups is 1. The van der Waals surface area contributed by atoms with Gasteiger partial charge in [-0.05, 0) is 75.4 Å². The number of rotatable bonds is 14. The van der Waals surface area contributed by atoms with E-state index in [1.165, 1.54) is 11.1 Å². The summed E-state index contributed by atoms with van der Waals surface area (Å²) in [5, 5.41) is 3.07. The molecule has 0 saturated heterocycles. The summed E-state index contributed by atoms with van der Waals surface area (Å²) in [5.41, 5.74) is 5.19. The Morgan fingerprint density at radius 1 is 0.895 bits per heavy atom. The van der Waals surface area contributed by atoms with Crippen molar-refractivity contribution >= 4 is 16.9 Å². The van der Waals surface area contributed by atoms with E-state index in [0.29, 0.717) is 13.2 Å². The summed E-state index contributed by atoms with van der Waals surface area (Å²) in [6.45, 7) is 6.28. The van der Waals surface area contributed by atoms with Crippen LogP contribution in [0.15, 0.2) is 66.7 Å². The highest BCUT2D eigenvalue weighted by Gasteiger charge is 2.11. The van der Waals surface area contributed by atoms with Crippen LogP contribution in [0.3, 0.4) is 0 Å². The highest BCUT2D eigenvalue weighted by atomic mass is 16.5. The van der Waals surface area contributed by atoms with Crippen LogP contribution in [0, 0.1) is 13.8 Å². The smallest absolute Gasteiger partial charge is 0.251 e. The van der Waals surface area contributed by atoms with E-state index in [1.54, 1.807) is 7.11 Å². The Bertz CT molecular complexity index is 1350. The van der Waals surface area contributed by atoms with Gasteiger partial charge in [-0.25, -0.2) is 4.98 Å². The molecule has 1 N–H and O–H groups in total. The summed E-state index contributed by atoms with van der Waals surface area (Å²) < 4.78 is 13.7. The number of nitrogens with zero attached hydrogens (tertiary/aromatic N) is 2. The van der Waals surface area contributed by atoms with Gasteiger partial charge in [0, 0.05) is 25.1 Å². The van der Waals surface area contributed by atoms with E-state index < -0.39 is 0 Å². The van der Waals surface area contributed by atoms with Gasteiger partial charge in [-0.1, -0.05) is 48.4 Å². The van der Waals surface area contributed by atoms with Crippen molar-refractivity contribution in [2.45, 2.75) is 58.9 Å². The molecular formula is C32H39N3O3. The van der Waals surface area contributed by atoms with Crippen LogP contribution in [0.25, 0.3) is 11.0 Å². The predicted molar refractivity (Wildman–Crippen MR) is 153 cm³/mol. The van der Waals surface area contributed by atoms with Gasteiger partial charge in [0.1, 0.15) is 5.82 Å². The van der Waals surface area contributed by atoms with Gasteiger partial charge in [0.2, 0.25) is 0 Å². The monoisotopic (exact) mass is 513 g/mol. The molecular weight excluding hydrogens is 474 g/mol. The fourth-order valence-corrected chi connectivity index (χ4v) is 4.81. The van der Waals surface area contributed by atoms with Crippen LogP contribution < -0.4 is 14.8 Å². The van der Waals surface area contributed by atoms with Gasteiger partial charge in [0.15, 0.2) is 11.5 Å². The predicted octanol–water partition coefficient (Wildman–Crippen LogP) is 6.66. The Labute approximate surface area is 226 Å². The quantitative estimate of drug-likeness (QED) is 0.191. The number of aromatic nitrogens is 2. The molecule has 0 aliphatic carbocycles. The second-order valence-corrected chi connectivity index (χ2v) is 9.76. The lowest BCUT2D eigenvalue weighted by atomic mass is 10.1. The molecule has 0 aliphatic heterocycles. The first-order valence-electron chi connectivity index (χ1n) is 13.6. The summed E-state index contributed by atoms with van der Waals surface area (Å²) in [4.78, 5) is 17.4. The van der Waals surface area contributed by atoms with Crippen molar-refractivity contribution in [2.24, 2.45) is 0 Å². The average molecular weight is 514 g/mol. The number of fused-ring (bicyclic) bond motifs is 1. The van der Waals surface area contributed by atoms with Crippen LogP contribution in [0.4, 0.5) is 0 Å². The van der Waals surface area contributed by atoms with E-state index in [2.05, 4.69) is 34.1 Å². The van der Waals surface area contributed by atoms with Gasteiger partial charge >= 0.3 is 0 Å². The summed E-state index contributed by atoms with van der Waals surface area (Å²) >= 11 is 0. The molecule has 1 amide bonds. The second-order valence-electron chi connectivity index (χ2n) is 9.76. The number of ether oxygens (including phenoxy) is 2. The topological polar surface area (TPSA) is 65.4 Å². The largest absolute Gasteiger partial charge is 0.493 e. The number of benzene rings is 3. The fraction of sp³-hybridized carbons (Fsp3) is 0.375. The van der Waals surface area contributed by atoms with Crippen molar-refractivity contribution in [3.05, 3.63) is 89.2 Å². The van der Waals surface area contributed by atoms with E-state index in [0.717, 1.165) is 79.0 Å². The molecule has 6 heteroatoms. The zero-order valence-corrected chi connectivity index (χ0v) is 22.8. The lowest BCUT2D eigenvalue weighted by Crippen LogP contribution is -2.25. The molecule has 0 aliphatic rings. The van der Waals surface area contributed by atoms with E-state index in [-0.39, 0.29) is 5.91 Å². The van der Waals surface area contributed by atoms with E-state index in [4.69, 9.17) is 14.5 Å². The van der Waals surface area contributed by atoms with Crippen molar-refractivity contribution in [3.8, 4) is 11.5 Å². The van der Waals surface area contributed by atoms with Crippen LogP contribution in [-0.2, 0) is 13.0 Å². The molecule has 200 valence electrons. The molecule has 0 saturated carbocycles. The zero-order valence-electron chi connectivity index (χ0n) is 22.8. The van der Waals surface area contributed by atoms with Crippen LogP contribution in [0.1, 0.15) is 59.4 Å². The van der Waals surface area contributed by atoms with E-state index >= 15 is 0 Å². The molecule has 0 spiro atoms. The lowest BCUT2D eigenvalue weighted by Gasteiger charge is -2.12. The molecule has 38 heavy (non-hydrogen) atoms. The number of carbonyl (C=O) groups excluding carboxylic acids is 1. The minimum absolute atomic E-state index is 0.0129. The van der Waals surface area contributed by atoms with Crippen molar-refractivity contribution in [1.82, 2.24) is 14.9 Å². The van der Waals surface area contributed by atoms with Gasteiger partial charge in [0.05, 0.1) is 24.8 Å². The van der Waals surface area contributed by atoms with Crippen molar-refractivity contribution in [1.29, 1.82) is 0 Å². The minimum atomic E-state index is 0.0129. The Morgan fingerprint density at radius 3 is 2.50 bits per heavy atom. The number of unbranched alkanes of at least 4 members (excludes halogenated alkanes) is 3. The Kier molecular flexibility index (Phi) is 9.79. The van der Waals surface area contributed by atoms with Gasteiger partial charge in [-0.15, -0.1) is 0 Å². The number of imidazole rings is 1. The van der Waals surface area contributed by atoms with Crippen LogP contribution in [-0.4, -0.2) is 35.7 Å². The maximum Gasteiger partial charge on any atom is 0.251 e. The maximum absolute atomic E-state index is 12.5. The molecule has 0 unspecified atom stereocenters. The summed E-state index contributed by atoms with van der Waals surface area (Å²) in [7, 11) is 1.66. The summed E-state index contributed by atoms with van der Waals surface area (Å²) in [6, 6.07) is 22.1. The third kappa shape index (κ3) is 7.15. The van der Waals surface area contributed by atoms with Crippen molar-refractivity contribution in [2.75, 3.05) is 20.3 Å². The minimum Gasteiger partial charge on any atom is -0.493 e. The zero-order chi connectivity index (χ0) is 26.7. The Morgan fingerprint density at radius 2 is 1.68 bits per heavy atom. The molecule has 0 radical (unpaired) electrons. The summed E-state index contributed by atoms with van der Waals surface area (Å²) in [5.74, 6) is 2.70. The average Bonchev–Trinajstić information content (AvgIpc) is 3.27. The standard InChI is InChI=1S/C32H39N3O3/c1-24-18-19-26(25(2)23-24)32(36)33-20-10-4-5-17-31-34-27-13-6-7-14-28(27)35(31)21-11-12-22-38-30-16-9-8-15-29(30)37-3/h6-9,13-16,18-19,23H,4-5,10-12,17,20-22H2,1-3H3,(H,33,36). The Hall–Kier alpha value is -3.80. The first kappa shape index (κ1) is 27.2. The summed E-state index contributed by atoms with van der Waals surface area (Å²) in [6.07, 6.45) is 5.93. The first-order chi connectivity index (χ1) is 18.6. The maximum atomic E-state index is 12.5. The highest BCUT2D eigenvalue weighted by Crippen LogP contribution is 2.26. The fourth-order valence-electron chi connectivity index (χ4n) is 4.81. The molecule has 0 bridgehead atoms. The lowest BCUT2D eigenvalue weighted by molar-refractivity contribution is 0.0952. The normalized spacial score (nSPS) is 11.0. The number of aryl methyl sites for hydroxylation is 4. The van der Waals surface area contributed by atoms with Crippen LogP contribution >= 0.6 is 0 Å². The third-order valence-corrected chi connectivity index (χ3v) is 6.83. The molecule has 0 fully saturated rings. The highest BCUT2D eigenvalue weighted by molar-refractivity contribution is 5.95. The molecule has 0 atom stereocenters. The molecule has 3 aromatic carbocycles. The van der Waals surface area contributed by atoms with Crippen molar-refractivity contribution in [3.63, 3.8) is 0 Å². The number of methoxy groups -OCH3 is 1. The van der Waals surface area contributed by atoms with E-state index in [1.807, 2.05) is 56.3 Å². The van der Waals surface area contributed by atoms with Crippen LogP contribution in [0.5, 0.6) is 11.5 Å². The molecule has 4 aromatic rings. The van der Waals surface area contributed by atoms with Gasteiger partial charge in [0.25, 0.3) is 5.91 Å². The molecule has 4 rings (SSSR count). The van der Waals surface area contributed by atoms with Gasteiger partial charge in [-0.3, -0.25) is 4.79 Å². The van der Waals surface area contributed by atoms with Gasteiger partial charge in [-0.2, -0.15) is 0 Å². The second kappa shape index (κ2) is 13.7. The van der Waals surface area contributed by atoms with Gasteiger partial charge < -0.3 is 19.4 Å². The SMILES string of the molecule is COc1ccccc1OCCCCn1c(CCCCCNC(=O)c2ccc(C)cc2C)nc2ccccc21. The third-order valence-electron chi connectivity index (χ3n) is 6.83. The number of amides is 1. The number of nitrogens with one attached hydrogen (secondary N) is 1. The molecule has 6 nitrogen and oxygen atoms in total. The molecule has 1 heterocycles.